The topological polar surface area (TPSA) is 26.3 Å². The molecular formula is C13H24O2. The van der Waals surface area contributed by atoms with E-state index in [-0.39, 0.29) is 5.97 Å². The maximum atomic E-state index is 10.7. The molecule has 0 amide bonds. The molecule has 0 aromatic rings. The predicted octanol–water partition coefficient (Wildman–Crippen LogP) is 4.06. The van der Waals surface area contributed by atoms with Crippen molar-refractivity contribution in [3.63, 3.8) is 0 Å². The molecule has 0 aromatic carbocycles. The summed E-state index contributed by atoms with van der Waals surface area (Å²) in [6.45, 7) is 7.71. The predicted molar refractivity (Wildman–Crippen MR) is 63.4 cm³/mol. The Hall–Kier alpha value is -0.790. The number of hydrogen-bond donors (Lipinski definition) is 0. The van der Waals surface area contributed by atoms with Crippen LogP contribution in [0.25, 0.3) is 0 Å². The standard InChI is InChI=1S/C13H24O2/c1-5-7-8-13(6-2)10-9-11(3)15-12(4)14/h9,13H,5-8,10H2,1-4H3/b11-9-/t13-/m0/s1. The molecule has 0 aliphatic rings. The second-order valence-corrected chi connectivity index (χ2v) is 4.06. The van der Waals surface area contributed by atoms with Gasteiger partial charge in [0, 0.05) is 6.92 Å². The van der Waals surface area contributed by atoms with Crippen molar-refractivity contribution in [2.75, 3.05) is 0 Å². The second kappa shape index (κ2) is 8.51. The zero-order chi connectivity index (χ0) is 11.7. The quantitative estimate of drug-likeness (QED) is 0.470. The van der Waals surface area contributed by atoms with Crippen molar-refractivity contribution in [1.29, 1.82) is 0 Å². The van der Waals surface area contributed by atoms with Crippen LogP contribution < -0.4 is 0 Å². The average molecular weight is 212 g/mol. The highest BCUT2D eigenvalue weighted by atomic mass is 16.5. The molecule has 0 aromatic heterocycles. The van der Waals surface area contributed by atoms with E-state index in [1.165, 1.54) is 32.6 Å². The number of hydrogen-bond acceptors (Lipinski definition) is 2. The van der Waals surface area contributed by atoms with Crippen molar-refractivity contribution >= 4 is 5.97 Å². The van der Waals surface area contributed by atoms with E-state index in [1.807, 2.05) is 13.0 Å². The zero-order valence-corrected chi connectivity index (χ0v) is 10.5. The molecule has 2 nitrogen and oxygen atoms in total. The molecule has 0 radical (unpaired) electrons. The highest BCUT2D eigenvalue weighted by Gasteiger charge is 2.04. The van der Waals surface area contributed by atoms with Crippen molar-refractivity contribution in [3.8, 4) is 0 Å². The van der Waals surface area contributed by atoms with Crippen LogP contribution in [0, 0.1) is 5.92 Å². The fourth-order valence-electron chi connectivity index (χ4n) is 1.58. The highest BCUT2D eigenvalue weighted by Crippen LogP contribution is 2.18. The van der Waals surface area contributed by atoms with Crippen LogP contribution in [-0.4, -0.2) is 5.97 Å². The number of esters is 1. The molecule has 0 aliphatic heterocycles. The Morgan fingerprint density at radius 2 is 2.00 bits per heavy atom. The van der Waals surface area contributed by atoms with Crippen LogP contribution in [0.2, 0.25) is 0 Å². The minimum atomic E-state index is -0.231. The Morgan fingerprint density at radius 1 is 1.33 bits per heavy atom. The van der Waals surface area contributed by atoms with Gasteiger partial charge in [0.1, 0.15) is 5.76 Å². The smallest absolute Gasteiger partial charge is 0.307 e. The van der Waals surface area contributed by atoms with E-state index in [1.54, 1.807) is 0 Å². The molecule has 0 saturated heterocycles. The number of ether oxygens (including phenoxy) is 1. The van der Waals surface area contributed by atoms with Gasteiger partial charge in [0.2, 0.25) is 0 Å². The summed E-state index contributed by atoms with van der Waals surface area (Å²) in [4.78, 5) is 10.7. The molecule has 0 N–H and O–H groups in total. The monoisotopic (exact) mass is 212 g/mol. The first-order chi connectivity index (χ1) is 7.10. The number of carbonyl (C=O) groups is 1. The molecular weight excluding hydrogens is 188 g/mol. The summed E-state index contributed by atoms with van der Waals surface area (Å²) in [7, 11) is 0. The lowest BCUT2D eigenvalue weighted by molar-refractivity contribution is -0.136. The first-order valence-electron chi connectivity index (χ1n) is 5.95. The summed E-state index contributed by atoms with van der Waals surface area (Å²) in [5.74, 6) is 1.23. The van der Waals surface area contributed by atoms with Gasteiger partial charge in [0.25, 0.3) is 0 Å². The van der Waals surface area contributed by atoms with Gasteiger partial charge in [-0.15, -0.1) is 0 Å². The zero-order valence-electron chi connectivity index (χ0n) is 10.5. The fourth-order valence-corrected chi connectivity index (χ4v) is 1.58. The number of unbranched alkanes of at least 4 members (excludes halogenated alkanes) is 1. The Labute approximate surface area is 93.7 Å². The van der Waals surface area contributed by atoms with Gasteiger partial charge in [0.15, 0.2) is 0 Å². The third-order valence-corrected chi connectivity index (χ3v) is 2.59. The van der Waals surface area contributed by atoms with Gasteiger partial charge in [-0.3, -0.25) is 4.79 Å². The number of carbonyl (C=O) groups excluding carboxylic acids is 1. The Bertz CT molecular complexity index is 207. The van der Waals surface area contributed by atoms with Crippen LogP contribution in [0.5, 0.6) is 0 Å². The van der Waals surface area contributed by atoms with E-state index in [0.29, 0.717) is 0 Å². The highest BCUT2D eigenvalue weighted by molar-refractivity contribution is 5.67. The molecule has 2 heteroatoms. The minimum Gasteiger partial charge on any atom is -0.432 e. The second-order valence-electron chi connectivity index (χ2n) is 4.06. The van der Waals surface area contributed by atoms with E-state index in [9.17, 15) is 4.79 Å². The van der Waals surface area contributed by atoms with Crippen LogP contribution in [0.15, 0.2) is 11.8 Å². The lowest BCUT2D eigenvalue weighted by Gasteiger charge is -2.12. The molecule has 0 fully saturated rings. The van der Waals surface area contributed by atoms with Crippen molar-refractivity contribution in [1.82, 2.24) is 0 Å². The summed E-state index contributed by atoms with van der Waals surface area (Å²) in [6, 6.07) is 0. The van der Waals surface area contributed by atoms with Crippen molar-refractivity contribution < 1.29 is 9.53 Å². The van der Waals surface area contributed by atoms with Crippen LogP contribution in [0.4, 0.5) is 0 Å². The normalized spacial score (nSPS) is 13.7. The van der Waals surface area contributed by atoms with E-state index >= 15 is 0 Å². The Kier molecular flexibility index (Phi) is 8.06. The molecule has 15 heavy (non-hydrogen) atoms. The van der Waals surface area contributed by atoms with Gasteiger partial charge in [-0.1, -0.05) is 39.5 Å². The Morgan fingerprint density at radius 3 is 2.47 bits per heavy atom. The molecule has 1 atom stereocenters. The SMILES string of the molecule is CCCC[C@H](CC)C/C=C(/C)OC(C)=O. The van der Waals surface area contributed by atoms with Crippen LogP contribution in [0.1, 0.15) is 59.8 Å². The van der Waals surface area contributed by atoms with Crippen molar-refractivity contribution in [2.24, 2.45) is 5.92 Å². The molecule has 0 saturated carbocycles. The third-order valence-electron chi connectivity index (χ3n) is 2.59. The van der Waals surface area contributed by atoms with Gasteiger partial charge in [-0.2, -0.15) is 0 Å². The average Bonchev–Trinajstić information content (AvgIpc) is 2.17. The van der Waals surface area contributed by atoms with Crippen LogP contribution >= 0.6 is 0 Å². The maximum Gasteiger partial charge on any atom is 0.307 e. The van der Waals surface area contributed by atoms with Crippen LogP contribution in [-0.2, 0) is 9.53 Å². The minimum absolute atomic E-state index is 0.231. The number of allylic oxidation sites excluding steroid dienone is 2. The van der Waals surface area contributed by atoms with Crippen LogP contribution in [0.3, 0.4) is 0 Å². The summed E-state index contributed by atoms with van der Waals surface area (Å²) < 4.78 is 4.97. The van der Waals surface area contributed by atoms with Crippen molar-refractivity contribution in [2.45, 2.75) is 59.8 Å². The Balaban J connectivity index is 3.90. The molecule has 0 spiro atoms. The van der Waals surface area contributed by atoms with Gasteiger partial charge in [0.05, 0.1) is 0 Å². The molecule has 0 unspecified atom stereocenters. The largest absolute Gasteiger partial charge is 0.432 e. The van der Waals surface area contributed by atoms with Crippen molar-refractivity contribution in [3.05, 3.63) is 11.8 Å². The summed E-state index contributed by atoms with van der Waals surface area (Å²) in [6.07, 6.45) is 8.07. The van der Waals surface area contributed by atoms with Gasteiger partial charge in [-0.05, 0) is 25.3 Å². The van der Waals surface area contributed by atoms with Gasteiger partial charge < -0.3 is 4.74 Å². The summed E-state index contributed by atoms with van der Waals surface area (Å²) in [5.41, 5.74) is 0. The van der Waals surface area contributed by atoms with E-state index in [2.05, 4.69) is 13.8 Å². The summed E-state index contributed by atoms with van der Waals surface area (Å²) >= 11 is 0. The van der Waals surface area contributed by atoms with E-state index in [4.69, 9.17) is 4.74 Å². The van der Waals surface area contributed by atoms with Gasteiger partial charge >= 0.3 is 5.97 Å². The first-order valence-corrected chi connectivity index (χ1v) is 5.95. The lowest BCUT2D eigenvalue weighted by atomic mass is 9.96. The molecule has 0 heterocycles. The summed E-state index contributed by atoms with van der Waals surface area (Å²) in [5, 5.41) is 0. The molecule has 0 aliphatic carbocycles. The van der Waals surface area contributed by atoms with E-state index in [0.717, 1.165) is 18.1 Å². The third kappa shape index (κ3) is 8.22. The fraction of sp³-hybridized carbons (Fsp3) is 0.769. The first kappa shape index (κ1) is 14.2. The molecule has 0 rings (SSSR count). The van der Waals surface area contributed by atoms with Gasteiger partial charge in [-0.25, -0.2) is 0 Å². The molecule has 88 valence electrons. The molecule has 0 bridgehead atoms. The lowest BCUT2D eigenvalue weighted by Crippen LogP contribution is -2.00. The maximum absolute atomic E-state index is 10.7. The van der Waals surface area contributed by atoms with E-state index < -0.39 is 0 Å². The number of rotatable bonds is 7.